The van der Waals surface area contributed by atoms with Gasteiger partial charge in [-0.3, -0.25) is 4.79 Å². The first-order chi connectivity index (χ1) is 14.1. The normalized spacial score (nSPS) is 15.6. The predicted molar refractivity (Wildman–Crippen MR) is 117 cm³/mol. The van der Waals surface area contributed by atoms with Crippen molar-refractivity contribution in [1.29, 1.82) is 0 Å². The molecule has 1 amide bonds. The molecular formula is C25H33NO3. The molecule has 0 heterocycles. The molecule has 0 bridgehead atoms. The Kier molecular flexibility index (Phi) is 7.56. The molecule has 1 saturated carbocycles. The molecule has 4 heteroatoms. The largest absolute Gasteiger partial charge is 0.493 e. The quantitative estimate of drug-likeness (QED) is 0.626. The van der Waals surface area contributed by atoms with Crippen molar-refractivity contribution < 1.29 is 14.3 Å². The summed E-state index contributed by atoms with van der Waals surface area (Å²) >= 11 is 0. The van der Waals surface area contributed by atoms with Gasteiger partial charge in [-0.25, -0.2) is 0 Å². The summed E-state index contributed by atoms with van der Waals surface area (Å²) in [4.78, 5) is 15.4. The number of rotatable bonds is 8. The van der Waals surface area contributed by atoms with Gasteiger partial charge in [0.2, 0.25) is 5.91 Å². The van der Waals surface area contributed by atoms with Crippen LogP contribution < -0.4 is 9.47 Å². The fourth-order valence-electron chi connectivity index (χ4n) is 4.42. The van der Waals surface area contributed by atoms with Gasteiger partial charge in [-0.2, -0.15) is 0 Å². The number of amides is 1. The zero-order chi connectivity index (χ0) is 20.6. The highest BCUT2D eigenvalue weighted by Crippen LogP contribution is 2.37. The van der Waals surface area contributed by atoms with E-state index in [4.69, 9.17) is 9.47 Å². The van der Waals surface area contributed by atoms with Crippen LogP contribution in [0.2, 0.25) is 0 Å². The van der Waals surface area contributed by atoms with Crippen LogP contribution in [-0.4, -0.2) is 38.6 Å². The van der Waals surface area contributed by atoms with Crippen molar-refractivity contribution in [1.82, 2.24) is 4.90 Å². The summed E-state index contributed by atoms with van der Waals surface area (Å²) in [5, 5.41) is 0. The van der Waals surface area contributed by atoms with Gasteiger partial charge in [0, 0.05) is 13.6 Å². The third kappa shape index (κ3) is 5.31. The molecule has 1 fully saturated rings. The van der Waals surface area contributed by atoms with E-state index in [2.05, 4.69) is 12.1 Å². The number of ether oxygens (including phenoxy) is 2. The Hall–Kier alpha value is -2.49. The van der Waals surface area contributed by atoms with Crippen LogP contribution in [0.25, 0.3) is 0 Å². The Bertz CT molecular complexity index is 784. The number of carbonyl (C=O) groups excluding carboxylic acids is 1. The van der Waals surface area contributed by atoms with E-state index in [1.54, 1.807) is 14.2 Å². The summed E-state index contributed by atoms with van der Waals surface area (Å²) < 4.78 is 10.7. The van der Waals surface area contributed by atoms with Crippen molar-refractivity contribution in [3.8, 4) is 11.5 Å². The Morgan fingerprint density at radius 2 is 1.69 bits per heavy atom. The number of hydrogen-bond donors (Lipinski definition) is 0. The van der Waals surface area contributed by atoms with E-state index in [1.165, 1.54) is 19.3 Å². The number of hydrogen-bond acceptors (Lipinski definition) is 3. The molecule has 3 rings (SSSR count). The maximum Gasteiger partial charge on any atom is 0.230 e. The topological polar surface area (TPSA) is 38.8 Å². The zero-order valence-corrected chi connectivity index (χ0v) is 17.9. The molecule has 1 atom stereocenters. The fourth-order valence-corrected chi connectivity index (χ4v) is 4.42. The Balaban J connectivity index is 1.70. The van der Waals surface area contributed by atoms with Gasteiger partial charge < -0.3 is 14.4 Å². The van der Waals surface area contributed by atoms with Crippen LogP contribution in [0.3, 0.4) is 0 Å². The zero-order valence-electron chi connectivity index (χ0n) is 17.9. The van der Waals surface area contributed by atoms with Crippen LogP contribution in [0, 0.1) is 5.92 Å². The third-order valence-electron chi connectivity index (χ3n) is 6.11. The standard InChI is InChI=1S/C25H33NO3/c1-26(17-16-19-14-15-22(28-2)23(18-19)29-3)25(27)24(20-10-6-4-7-11-20)21-12-8-5-9-13-21/h4,6-7,10-11,14-15,18,21,24H,5,8-9,12-13,16-17H2,1-3H3. The smallest absolute Gasteiger partial charge is 0.230 e. The van der Waals surface area contributed by atoms with Crippen molar-refractivity contribution in [3.63, 3.8) is 0 Å². The molecule has 0 aromatic heterocycles. The van der Waals surface area contributed by atoms with E-state index in [1.807, 2.05) is 48.3 Å². The van der Waals surface area contributed by atoms with Crippen molar-refractivity contribution in [2.24, 2.45) is 5.92 Å². The first-order valence-corrected chi connectivity index (χ1v) is 10.6. The average molecular weight is 396 g/mol. The van der Waals surface area contributed by atoms with Gasteiger partial charge in [-0.1, -0.05) is 55.7 Å². The molecule has 29 heavy (non-hydrogen) atoms. The van der Waals surface area contributed by atoms with Gasteiger partial charge in [0.15, 0.2) is 11.5 Å². The summed E-state index contributed by atoms with van der Waals surface area (Å²) in [6.07, 6.45) is 6.84. The summed E-state index contributed by atoms with van der Waals surface area (Å²) in [5.74, 6) is 2.10. The second kappa shape index (κ2) is 10.3. The van der Waals surface area contributed by atoms with E-state index in [-0.39, 0.29) is 11.8 Å². The maximum atomic E-state index is 13.5. The van der Waals surface area contributed by atoms with Gasteiger partial charge in [0.25, 0.3) is 0 Å². The lowest BCUT2D eigenvalue weighted by Crippen LogP contribution is -2.37. The fraction of sp³-hybridized carbons (Fsp3) is 0.480. The first kappa shape index (κ1) is 21.2. The molecular weight excluding hydrogens is 362 g/mol. The van der Waals surface area contributed by atoms with Crippen LogP contribution in [0.5, 0.6) is 11.5 Å². The summed E-state index contributed by atoms with van der Waals surface area (Å²) in [7, 11) is 5.22. The van der Waals surface area contributed by atoms with E-state index in [9.17, 15) is 4.79 Å². The monoisotopic (exact) mass is 395 g/mol. The molecule has 1 unspecified atom stereocenters. The van der Waals surface area contributed by atoms with Crippen LogP contribution >= 0.6 is 0 Å². The minimum Gasteiger partial charge on any atom is -0.493 e. The van der Waals surface area contributed by atoms with Crippen molar-refractivity contribution in [2.75, 3.05) is 27.8 Å². The molecule has 156 valence electrons. The second-order valence-corrected chi connectivity index (χ2v) is 7.99. The second-order valence-electron chi connectivity index (χ2n) is 7.99. The molecule has 0 radical (unpaired) electrons. The number of methoxy groups -OCH3 is 2. The van der Waals surface area contributed by atoms with E-state index >= 15 is 0 Å². The average Bonchev–Trinajstić information content (AvgIpc) is 2.78. The first-order valence-electron chi connectivity index (χ1n) is 10.6. The Morgan fingerprint density at radius 1 is 1.00 bits per heavy atom. The van der Waals surface area contributed by atoms with Crippen molar-refractivity contribution >= 4 is 5.91 Å². The summed E-state index contributed by atoms with van der Waals surface area (Å²) in [5.41, 5.74) is 2.29. The maximum absolute atomic E-state index is 13.5. The summed E-state index contributed by atoms with van der Waals surface area (Å²) in [6, 6.07) is 16.3. The lowest BCUT2D eigenvalue weighted by atomic mass is 9.76. The van der Waals surface area contributed by atoms with Gasteiger partial charge in [-0.05, 0) is 48.4 Å². The van der Waals surface area contributed by atoms with E-state index in [0.29, 0.717) is 12.5 Å². The highest BCUT2D eigenvalue weighted by molar-refractivity contribution is 5.84. The number of likely N-dealkylation sites (N-methyl/N-ethyl adjacent to an activating group) is 1. The van der Waals surface area contributed by atoms with Crippen LogP contribution in [0.4, 0.5) is 0 Å². The molecule has 2 aromatic rings. The number of benzene rings is 2. The molecule has 1 aliphatic rings. The molecule has 0 N–H and O–H groups in total. The molecule has 4 nitrogen and oxygen atoms in total. The molecule has 1 aliphatic carbocycles. The highest BCUT2D eigenvalue weighted by Gasteiger charge is 2.32. The number of nitrogens with zero attached hydrogens (tertiary/aromatic N) is 1. The predicted octanol–water partition coefficient (Wildman–Crippen LogP) is 5.07. The third-order valence-corrected chi connectivity index (χ3v) is 6.11. The lowest BCUT2D eigenvalue weighted by molar-refractivity contribution is -0.133. The summed E-state index contributed by atoms with van der Waals surface area (Å²) in [6.45, 7) is 0.685. The van der Waals surface area contributed by atoms with Gasteiger partial charge in [0.05, 0.1) is 20.1 Å². The minimum atomic E-state index is -0.0353. The molecule has 0 spiro atoms. The van der Waals surface area contributed by atoms with Crippen molar-refractivity contribution in [2.45, 2.75) is 44.4 Å². The van der Waals surface area contributed by atoms with Crippen LogP contribution in [-0.2, 0) is 11.2 Å². The Morgan fingerprint density at radius 3 is 2.34 bits per heavy atom. The van der Waals surface area contributed by atoms with Gasteiger partial charge in [0.1, 0.15) is 0 Å². The van der Waals surface area contributed by atoms with Gasteiger partial charge in [-0.15, -0.1) is 0 Å². The van der Waals surface area contributed by atoms with Gasteiger partial charge >= 0.3 is 0 Å². The SMILES string of the molecule is COc1ccc(CCN(C)C(=O)C(c2ccccc2)C2CCCCC2)cc1OC. The van der Waals surface area contributed by atoms with Crippen LogP contribution in [0.1, 0.15) is 49.1 Å². The van der Waals surface area contributed by atoms with E-state index in [0.717, 1.165) is 41.9 Å². The number of carbonyl (C=O) groups is 1. The van der Waals surface area contributed by atoms with Crippen molar-refractivity contribution in [3.05, 3.63) is 59.7 Å². The molecule has 2 aromatic carbocycles. The molecule has 0 aliphatic heterocycles. The minimum absolute atomic E-state index is 0.0353. The Labute approximate surface area is 174 Å². The molecule has 0 saturated heterocycles. The van der Waals surface area contributed by atoms with Crippen LogP contribution in [0.15, 0.2) is 48.5 Å². The highest BCUT2D eigenvalue weighted by atomic mass is 16.5. The lowest BCUT2D eigenvalue weighted by Gasteiger charge is -2.32. The van der Waals surface area contributed by atoms with E-state index < -0.39 is 0 Å².